The standard InChI is InChI=1S/C14H29N3O2S/c1-3-8-15-11-13-4-9-17(10-5-13)20(18,19)16-12-14(2)6-7-14/h13,15-16H,3-12H2,1-2H3. The molecule has 118 valence electrons. The molecular formula is C14H29N3O2S. The fourth-order valence-electron chi connectivity index (χ4n) is 2.58. The van der Waals surface area contributed by atoms with Gasteiger partial charge in [-0.3, -0.25) is 0 Å². The largest absolute Gasteiger partial charge is 0.316 e. The summed E-state index contributed by atoms with van der Waals surface area (Å²) in [7, 11) is -3.26. The van der Waals surface area contributed by atoms with Crippen molar-refractivity contribution in [2.75, 3.05) is 32.7 Å². The first-order valence-corrected chi connectivity index (χ1v) is 9.35. The molecule has 1 aliphatic heterocycles. The predicted octanol–water partition coefficient (Wildman–Crippen LogP) is 1.33. The fraction of sp³-hybridized carbons (Fsp3) is 1.00. The highest BCUT2D eigenvalue weighted by atomic mass is 32.2. The number of piperidine rings is 1. The second kappa shape index (κ2) is 6.73. The van der Waals surface area contributed by atoms with Crippen molar-refractivity contribution >= 4 is 10.2 Å². The first-order valence-electron chi connectivity index (χ1n) is 7.91. The zero-order valence-electron chi connectivity index (χ0n) is 12.8. The molecular weight excluding hydrogens is 274 g/mol. The van der Waals surface area contributed by atoms with E-state index in [1.807, 2.05) is 0 Å². The lowest BCUT2D eigenvalue weighted by Crippen LogP contribution is -2.47. The van der Waals surface area contributed by atoms with Crippen LogP contribution in [0.25, 0.3) is 0 Å². The van der Waals surface area contributed by atoms with Gasteiger partial charge in [0.05, 0.1) is 0 Å². The Morgan fingerprint density at radius 1 is 1.25 bits per heavy atom. The second-order valence-corrected chi connectivity index (χ2v) is 8.44. The van der Waals surface area contributed by atoms with Crippen molar-refractivity contribution in [2.24, 2.45) is 11.3 Å². The van der Waals surface area contributed by atoms with Gasteiger partial charge in [-0.15, -0.1) is 0 Å². The minimum Gasteiger partial charge on any atom is -0.316 e. The molecule has 0 unspecified atom stereocenters. The van der Waals surface area contributed by atoms with Crippen LogP contribution in [0.5, 0.6) is 0 Å². The van der Waals surface area contributed by atoms with E-state index in [4.69, 9.17) is 0 Å². The summed E-state index contributed by atoms with van der Waals surface area (Å²) in [5.74, 6) is 0.619. The Morgan fingerprint density at radius 3 is 2.45 bits per heavy atom. The van der Waals surface area contributed by atoms with Crippen LogP contribution in [-0.2, 0) is 10.2 Å². The first-order chi connectivity index (χ1) is 9.45. The minimum absolute atomic E-state index is 0.218. The molecule has 0 aromatic heterocycles. The van der Waals surface area contributed by atoms with Gasteiger partial charge >= 0.3 is 0 Å². The Balaban J connectivity index is 1.71. The van der Waals surface area contributed by atoms with Crippen LogP contribution in [0, 0.1) is 11.3 Å². The van der Waals surface area contributed by atoms with Gasteiger partial charge < -0.3 is 5.32 Å². The molecule has 0 spiro atoms. The first kappa shape index (κ1) is 16.2. The van der Waals surface area contributed by atoms with Crippen LogP contribution in [0.3, 0.4) is 0 Å². The van der Waals surface area contributed by atoms with Gasteiger partial charge in [0.15, 0.2) is 0 Å². The van der Waals surface area contributed by atoms with Crippen molar-refractivity contribution < 1.29 is 8.42 Å². The number of rotatable bonds is 8. The van der Waals surface area contributed by atoms with E-state index < -0.39 is 10.2 Å². The monoisotopic (exact) mass is 303 g/mol. The molecule has 0 radical (unpaired) electrons. The highest BCUT2D eigenvalue weighted by Gasteiger charge is 2.39. The van der Waals surface area contributed by atoms with Crippen molar-refractivity contribution in [3.05, 3.63) is 0 Å². The minimum atomic E-state index is -3.26. The maximum atomic E-state index is 12.2. The molecule has 20 heavy (non-hydrogen) atoms. The Morgan fingerprint density at radius 2 is 1.90 bits per heavy atom. The average molecular weight is 303 g/mol. The lowest BCUT2D eigenvalue weighted by molar-refractivity contribution is 0.264. The molecule has 0 amide bonds. The summed E-state index contributed by atoms with van der Waals surface area (Å²) in [6.45, 7) is 8.28. The molecule has 6 heteroatoms. The summed E-state index contributed by atoms with van der Waals surface area (Å²) >= 11 is 0. The molecule has 0 aromatic rings. The van der Waals surface area contributed by atoms with E-state index in [1.165, 1.54) is 0 Å². The number of hydrogen-bond donors (Lipinski definition) is 2. The summed E-state index contributed by atoms with van der Waals surface area (Å²) in [5.41, 5.74) is 0.218. The molecule has 0 bridgehead atoms. The van der Waals surface area contributed by atoms with Crippen LogP contribution in [0.1, 0.15) is 46.0 Å². The Labute approximate surface area is 123 Å². The van der Waals surface area contributed by atoms with E-state index >= 15 is 0 Å². The van der Waals surface area contributed by atoms with Gasteiger partial charge in [-0.25, -0.2) is 4.72 Å². The van der Waals surface area contributed by atoms with Crippen molar-refractivity contribution in [3.8, 4) is 0 Å². The lowest BCUT2D eigenvalue weighted by Gasteiger charge is -2.31. The highest BCUT2D eigenvalue weighted by molar-refractivity contribution is 7.87. The van der Waals surface area contributed by atoms with Crippen molar-refractivity contribution in [2.45, 2.75) is 46.0 Å². The summed E-state index contributed by atoms with van der Waals surface area (Å²) in [5, 5.41) is 3.43. The van der Waals surface area contributed by atoms with E-state index in [-0.39, 0.29) is 5.41 Å². The zero-order chi connectivity index (χ0) is 14.6. The average Bonchev–Trinajstić information content (AvgIpc) is 3.16. The van der Waals surface area contributed by atoms with Crippen molar-refractivity contribution in [3.63, 3.8) is 0 Å². The molecule has 2 N–H and O–H groups in total. The third-order valence-electron chi connectivity index (χ3n) is 4.56. The Kier molecular flexibility index (Phi) is 5.45. The normalized spacial score (nSPS) is 23.9. The summed E-state index contributed by atoms with van der Waals surface area (Å²) in [6, 6.07) is 0. The molecule has 0 atom stereocenters. The number of nitrogens with zero attached hydrogens (tertiary/aromatic N) is 1. The summed E-state index contributed by atoms with van der Waals surface area (Å²) in [6.07, 6.45) is 5.36. The van der Waals surface area contributed by atoms with E-state index in [0.717, 1.165) is 45.2 Å². The second-order valence-electron chi connectivity index (χ2n) is 6.68. The van der Waals surface area contributed by atoms with Crippen LogP contribution >= 0.6 is 0 Å². The van der Waals surface area contributed by atoms with Gasteiger partial charge in [0.2, 0.25) is 0 Å². The summed E-state index contributed by atoms with van der Waals surface area (Å²) in [4.78, 5) is 0. The summed E-state index contributed by atoms with van der Waals surface area (Å²) < 4.78 is 28.9. The maximum absolute atomic E-state index is 12.2. The van der Waals surface area contributed by atoms with Gasteiger partial charge in [0.1, 0.15) is 0 Å². The molecule has 1 aliphatic carbocycles. The molecule has 5 nitrogen and oxygen atoms in total. The smallest absolute Gasteiger partial charge is 0.279 e. The third-order valence-corrected chi connectivity index (χ3v) is 6.11. The number of nitrogens with one attached hydrogen (secondary N) is 2. The predicted molar refractivity (Wildman–Crippen MR) is 81.7 cm³/mol. The molecule has 1 saturated heterocycles. The zero-order valence-corrected chi connectivity index (χ0v) is 13.6. The van der Waals surface area contributed by atoms with Gasteiger partial charge in [-0.2, -0.15) is 12.7 Å². The SMILES string of the molecule is CCCNCC1CCN(S(=O)(=O)NCC2(C)CC2)CC1. The Hall–Kier alpha value is -0.170. The van der Waals surface area contributed by atoms with Gasteiger partial charge in [0, 0.05) is 19.6 Å². The van der Waals surface area contributed by atoms with Crippen LogP contribution in [-0.4, -0.2) is 45.4 Å². The van der Waals surface area contributed by atoms with Crippen LogP contribution in [0.2, 0.25) is 0 Å². The van der Waals surface area contributed by atoms with Crippen molar-refractivity contribution in [1.29, 1.82) is 0 Å². The van der Waals surface area contributed by atoms with Crippen LogP contribution in [0.4, 0.5) is 0 Å². The molecule has 1 heterocycles. The topological polar surface area (TPSA) is 61.4 Å². The van der Waals surface area contributed by atoms with Crippen LogP contribution < -0.4 is 10.0 Å². The molecule has 2 aliphatic rings. The van der Waals surface area contributed by atoms with E-state index in [1.54, 1.807) is 4.31 Å². The van der Waals surface area contributed by atoms with Crippen LogP contribution in [0.15, 0.2) is 0 Å². The number of hydrogen-bond acceptors (Lipinski definition) is 3. The molecule has 0 aromatic carbocycles. The van der Waals surface area contributed by atoms with Crippen molar-refractivity contribution in [1.82, 2.24) is 14.3 Å². The maximum Gasteiger partial charge on any atom is 0.279 e. The quantitative estimate of drug-likeness (QED) is 0.665. The van der Waals surface area contributed by atoms with Gasteiger partial charge in [-0.05, 0) is 56.5 Å². The van der Waals surface area contributed by atoms with Gasteiger partial charge in [0.25, 0.3) is 10.2 Å². The van der Waals surface area contributed by atoms with E-state index in [2.05, 4.69) is 23.9 Å². The Bertz CT molecular complexity index is 399. The lowest BCUT2D eigenvalue weighted by atomic mass is 9.98. The third kappa shape index (κ3) is 4.69. The molecule has 1 saturated carbocycles. The van der Waals surface area contributed by atoms with E-state index in [9.17, 15) is 8.42 Å². The molecule has 2 rings (SSSR count). The van der Waals surface area contributed by atoms with E-state index in [0.29, 0.717) is 25.6 Å². The van der Waals surface area contributed by atoms with Gasteiger partial charge in [-0.1, -0.05) is 13.8 Å². The fourth-order valence-corrected chi connectivity index (χ4v) is 3.99. The molecule has 2 fully saturated rings. The highest BCUT2D eigenvalue weighted by Crippen LogP contribution is 2.44.